The Balaban J connectivity index is 1.26. The first kappa shape index (κ1) is 19.1. The Hall–Kier alpha value is -3.19. The number of nitrogens with zero attached hydrogens (tertiary/aromatic N) is 1. The fraction of sp³-hybridized carbons (Fsp3) is 0.318. The summed E-state index contributed by atoms with van der Waals surface area (Å²) in [5, 5.41) is 9.95. The summed E-state index contributed by atoms with van der Waals surface area (Å²) in [6, 6.07) is 13.1. The third-order valence-electron chi connectivity index (χ3n) is 5.40. The average Bonchev–Trinajstić information content (AvgIpc) is 3.39. The summed E-state index contributed by atoms with van der Waals surface area (Å²) in [5.41, 5.74) is 3.10. The highest BCUT2D eigenvalue weighted by atomic mass is 16.2. The molecular formula is C22H25N5O2. The molecule has 0 spiro atoms. The second-order valence-electron chi connectivity index (χ2n) is 7.51. The number of aromatic amines is 1. The van der Waals surface area contributed by atoms with Crippen molar-refractivity contribution in [3.8, 4) is 0 Å². The SMILES string of the molecule is C[C@H](NC(=O)[C@H]1C[C@H](c2ccccc2)CN1)C(=O)NCc1cc2cnccc2[nH]1. The maximum Gasteiger partial charge on any atom is 0.242 e. The first-order valence-electron chi connectivity index (χ1n) is 9.88. The van der Waals surface area contributed by atoms with Gasteiger partial charge in [0.2, 0.25) is 11.8 Å². The van der Waals surface area contributed by atoms with E-state index in [4.69, 9.17) is 0 Å². The van der Waals surface area contributed by atoms with Crippen molar-refractivity contribution in [2.75, 3.05) is 6.54 Å². The molecule has 1 aliphatic rings. The molecule has 0 radical (unpaired) electrons. The van der Waals surface area contributed by atoms with E-state index in [-0.39, 0.29) is 17.9 Å². The minimum atomic E-state index is -0.605. The fourth-order valence-electron chi connectivity index (χ4n) is 3.76. The molecule has 3 heterocycles. The monoisotopic (exact) mass is 391 g/mol. The molecule has 0 unspecified atom stereocenters. The highest BCUT2D eigenvalue weighted by Crippen LogP contribution is 2.25. The molecule has 7 heteroatoms. The van der Waals surface area contributed by atoms with Gasteiger partial charge in [-0.2, -0.15) is 0 Å². The van der Waals surface area contributed by atoms with Gasteiger partial charge in [-0.25, -0.2) is 0 Å². The Morgan fingerprint density at radius 3 is 2.86 bits per heavy atom. The molecule has 1 aromatic carbocycles. The van der Waals surface area contributed by atoms with Gasteiger partial charge in [0.25, 0.3) is 0 Å². The highest BCUT2D eigenvalue weighted by Gasteiger charge is 2.31. The minimum Gasteiger partial charge on any atom is -0.357 e. The zero-order chi connectivity index (χ0) is 20.2. The van der Waals surface area contributed by atoms with E-state index in [9.17, 15) is 9.59 Å². The molecule has 2 amide bonds. The third kappa shape index (κ3) is 4.46. The van der Waals surface area contributed by atoms with Crippen molar-refractivity contribution in [2.24, 2.45) is 0 Å². The van der Waals surface area contributed by atoms with E-state index in [0.717, 1.165) is 29.6 Å². The number of amides is 2. The Kier molecular flexibility index (Phi) is 5.57. The molecule has 150 valence electrons. The third-order valence-corrected chi connectivity index (χ3v) is 5.40. The topological polar surface area (TPSA) is 98.9 Å². The molecule has 0 bridgehead atoms. The zero-order valence-corrected chi connectivity index (χ0v) is 16.3. The summed E-state index contributed by atoms with van der Waals surface area (Å²) in [4.78, 5) is 32.3. The van der Waals surface area contributed by atoms with E-state index in [1.807, 2.05) is 30.3 Å². The van der Waals surface area contributed by atoms with Crippen LogP contribution in [0, 0.1) is 0 Å². The summed E-state index contributed by atoms with van der Waals surface area (Å²) in [5.74, 6) is -0.0388. The second-order valence-corrected chi connectivity index (χ2v) is 7.51. The van der Waals surface area contributed by atoms with E-state index in [0.29, 0.717) is 12.5 Å². The highest BCUT2D eigenvalue weighted by molar-refractivity contribution is 5.89. The van der Waals surface area contributed by atoms with Crippen LogP contribution in [0.15, 0.2) is 54.9 Å². The van der Waals surface area contributed by atoms with Crippen molar-refractivity contribution in [3.05, 3.63) is 66.1 Å². The van der Waals surface area contributed by atoms with Crippen LogP contribution in [-0.4, -0.2) is 40.4 Å². The van der Waals surface area contributed by atoms with Gasteiger partial charge in [0.1, 0.15) is 6.04 Å². The van der Waals surface area contributed by atoms with Crippen molar-refractivity contribution in [1.29, 1.82) is 0 Å². The van der Waals surface area contributed by atoms with E-state index in [2.05, 4.69) is 38.1 Å². The normalized spacial score (nSPS) is 19.8. The van der Waals surface area contributed by atoms with Crippen LogP contribution in [0.1, 0.15) is 30.5 Å². The summed E-state index contributed by atoms with van der Waals surface area (Å²) < 4.78 is 0. The van der Waals surface area contributed by atoms with Crippen LogP contribution in [0.25, 0.3) is 10.9 Å². The van der Waals surface area contributed by atoms with Crippen LogP contribution < -0.4 is 16.0 Å². The Labute approximate surface area is 169 Å². The van der Waals surface area contributed by atoms with Crippen LogP contribution in [0.2, 0.25) is 0 Å². The number of hydrogen-bond acceptors (Lipinski definition) is 4. The van der Waals surface area contributed by atoms with Crippen LogP contribution in [0.4, 0.5) is 0 Å². The van der Waals surface area contributed by atoms with Crippen LogP contribution in [0.5, 0.6) is 0 Å². The van der Waals surface area contributed by atoms with Gasteiger partial charge in [-0.1, -0.05) is 30.3 Å². The number of hydrogen-bond donors (Lipinski definition) is 4. The smallest absolute Gasteiger partial charge is 0.242 e. The quantitative estimate of drug-likeness (QED) is 0.515. The average molecular weight is 391 g/mol. The lowest BCUT2D eigenvalue weighted by molar-refractivity contribution is -0.129. The summed E-state index contributed by atoms with van der Waals surface area (Å²) in [6.45, 7) is 2.83. The van der Waals surface area contributed by atoms with Crippen LogP contribution >= 0.6 is 0 Å². The lowest BCUT2D eigenvalue weighted by Gasteiger charge is -2.17. The molecule has 3 aromatic rings. The lowest BCUT2D eigenvalue weighted by Crippen LogP contribution is -2.49. The molecule has 4 rings (SSSR count). The number of benzene rings is 1. The Morgan fingerprint density at radius 1 is 1.24 bits per heavy atom. The fourth-order valence-corrected chi connectivity index (χ4v) is 3.76. The number of H-pyrrole nitrogens is 1. The van der Waals surface area contributed by atoms with Gasteiger partial charge >= 0.3 is 0 Å². The predicted molar refractivity (Wildman–Crippen MR) is 111 cm³/mol. The molecule has 2 aromatic heterocycles. The maximum absolute atomic E-state index is 12.6. The van der Waals surface area contributed by atoms with Crippen molar-refractivity contribution in [1.82, 2.24) is 25.9 Å². The molecule has 1 aliphatic heterocycles. The number of rotatable bonds is 6. The number of carbonyl (C=O) groups is 2. The lowest BCUT2D eigenvalue weighted by atomic mass is 9.96. The summed E-state index contributed by atoms with van der Waals surface area (Å²) >= 11 is 0. The van der Waals surface area contributed by atoms with Crippen molar-refractivity contribution in [3.63, 3.8) is 0 Å². The molecule has 0 aliphatic carbocycles. The zero-order valence-electron chi connectivity index (χ0n) is 16.3. The second kappa shape index (κ2) is 8.45. The number of pyridine rings is 1. The van der Waals surface area contributed by atoms with Crippen molar-refractivity contribution < 1.29 is 9.59 Å². The summed E-state index contributed by atoms with van der Waals surface area (Å²) in [6.07, 6.45) is 4.23. The molecule has 4 N–H and O–H groups in total. The summed E-state index contributed by atoms with van der Waals surface area (Å²) in [7, 11) is 0. The first-order chi connectivity index (χ1) is 14.1. The van der Waals surface area contributed by atoms with Crippen molar-refractivity contribution in [2.45, 2.75) is 37.9 Å². The van der Waals surface area contributed by atoms with Gasteiger partial charge in [0.05, 0.1) is 12.6 Å². The molecule has 3 atom stereocenters. The number of carbonyl (C=O) groups excluding carboxylic acids is 2. The van der Waals surface area contributed by atoms with Gasteiger partial charge in [-0.3, -0.25) is 14.6 Å². The van der Waals surface area contributed by atoms with Crippen LogP contribution in [-0.2, 0) is 16.1 Å². The largest absolute Gasteiger partial charge is 0.357 e. The van der Waals surface area contributed by atoms with Crippen molar-refractivity contribution >= 4 is 22.7 Å². The van der Waals surface area contributed by atoms with E-state index in [1.165, 1.54) is 5.56 Å². The maximum atomic E-state index is 12.6. The molecule has 1 saturated heterocycles. The van der Waals surface area contributed by atoms with Gasteiger partial charge in [0, 0.05) is 35.5 Å². The van der Waals surface area contributed by atoms with E-state index < -0.39 is 6.04 Å². The van der Waals surface area contributed by atoms with E-state index >= 15 is 0 Å². The van der Waals surface area contributed by atoms with Gasteiger partial charge in [-0.15, -0.1) is 0 Å². The van der Waals surface area contributed by atoms with Gasteiger partial charge in [-0.05, 0) is 37.0 Å². The van der Waals surface area contributed by atoms with Gasteiger partial charge in [0.15, 0.2) is 0 Å². The predicted octanol–water partition coefficient (Wildman–Crippen LogP) is 1.83. The Bertz CT molecular complexity index is 968. The molecule has 7 nitrogen and oxygen atoms in total. The number of fused-ring (bicyclic) bond motifs is 1. The first-order valence-corrected chi connectivity index (χ1v) is 9.88. The van der Waals surface area contributed by atoms with Crippen LogP contribution in [0.3, 0.4) is 0 Å². The molecule has 1 fully saturated rings. The number of nitrogens with one attached hydrogen (secondary N) is 4. The molecule has 0 saturated carbocycles. The van der Waals surface area contributed by atoms with Gasteiger partial charge < -0.3 is 20.9 Å². The molecular weight excluding hydrogens is 366 g/mol. The van der Waals surface area contributed by atoms with E-state index in [1.54, 1.807) is 19.3 Å². The Morgan fingerprint density at radius 2 is 2.07 bits per heavy atom. The molecule has 29 heavy (non-hydrogen) atoms. The standard InChI is InChI=1S/C22H25N5O2/c1-14(21(28)25-13-18-9-17-11-23-8-7-19(17)27-18)26-22(29)20-10-16(12-24-20)15-5-3-2-4-6-15/h2-9,11,14,16,20,24,27H,10,12-13H2,1H3,(H,25,28)(H,26,29)/t14-,16-,20+/m0/s1. The number of aromatic nitrogens is 2. The minimum absolute atomic E-state index is 0.136.